The Balaban J connectivity index is 2.09. The highest BCUT2D eigenvalue weighted by Gasteiger charge is 2.12. The van der Waals surface area contributed by atoms with Crippen LogP contribution < -0.4 is 10.9 Å². The standard InChI is InChI=1S/C12H9ClFN3O2/c13-8-2-1-3-9(14)7(8)6-12(19)15-10-4-5-11(18)17-16-10/h1-5H,6H2,(H,17,18)(H,15,16,19). The van der Waals surface area contributed by atoms with Crippen molar-refractivity contribution in [3.8, 4) is 0 Å². The lowest BCUT2D eigenvalue weighted by molar-refractivity contribution is -0.115. The van der Waals surface area contributed by atoms with E-state index in [1.165, 1.54) is 30.3 Å². The number of nitrogens with one attached hydrogen (secondary N) is 2. The minimum absolute atomic E-state index is 0.117. The average molecular weight is 282 g/mol. The number of halogens is 2. The quantitative estimate of drug-likeness (QED) is 0.900. The fraction of sp³-hybridized carbons (Fsp3) is 0.0833. The summed E-state index contributed by atoms with van der Waals surface area (Å²) in [4.78, 5) is 22.5. The van der Waals surface area contributed by atoms with Crippen molar-refractivity contribution in [2.24, 2.45) is 0 Å². The summed E-state index contributed by atoms with van der Waals surface area (Å²) in [6.07, 6.45) is -0.216. The second-order valence-corrected chi connectivity index (χ2v) is 4.14. The van der Waals surface area contributed by atoms with E-state index in [2.05, 4.69) is 15.5 Å². The van der Waals surface area contributed by atoms with Crippen molar-refractivity contribution in [2.45, 2.75) is 6.42 Å². The highest BCUT2D eigenvalue weighted by Crippen LogP contribution is 2.19. The second kappa shape index (κ2) is 5.62. The van der Waals surface area contributed by atoms with E-state index in [-0.39, 0.29) is 28.4 Å². The van der Waals surface area contributed by atoms with Crippen molar-refractivity contribution in [1.29, 1.82) is 0 Å². The third kappa shape index (κ3) is 3.38. The molecule has 0 radical (unpaired) electrons. The number of benzene rings is 1. The number of carbonyl (C=O) groups is 1. The highest BCUT2D eigenvalue weighted by molar-refractivity contribution is 6.31. The molecule has 0 saturated heterocycles. The van der Waals surface area contributed by atoms with Gasteiger partial charge in [-0.1, -0.05) is 17.7 Å². The molecule has 1 aromatic carbocycles. The van der Waals surface area contributed by atoms with E-state index in [1.807, 2.05) is 0 Å². The molecular weight excluding hydrogens is 273 g/mol. The van der Waals surface area contributed by atoms with Gasteiger partial charge in [-0.05, 0) is 18.2 Å². The summed E-state index contributed by atoms with van der Waals surface area (Å²) in [7, 11) is 0. The van der Waals surface area contributed by atoms with Crippen LogP contribution in [-0.4, -0.2) is 16.1 Å². The maximum Gasteiger partial charge on any atom is 0.264 e. The van der Waals surface area contributed by atoms with E-state index in [1.54, 1.807) is 0 Å². The first-order valence-electron chi connectivity index (χ1n) is 5.35. The predicted octanol–water partition coefficient (Wildman–Crippen LogP) is 1.74. The highest BCUT2D eigenvalue weighted by atomic mass is 35.5. The number of hydrogen-bond donors (Lipinski definition) is 2. The van der Waals surface area contributed by atoms with Gasteiger partial charge in [-0.3, -0.25) is 9.59 Å². The summed E-state index contributed by atoms with van der Waals surface area (Å²) in [6, 6.07) is 6.76. The molecule has 98 valence electrons. The zero-order valence-corrected chi connectivity index (χ0v) is 10.4. The van der Waals surface area contributed by atoms with Crippen molar-refractivity contribution in [3.63, 3.8) is 0 Å². The molecule has 0 fully saturated rings. The summed E-state index contributed by atoms with van der Waals surface area (Å²) >= 11 is 5.81. The summed E-state index contributed by atoms with van der Waals surface area (Å²) in [5.74, 6) is -0.847. The van der Waals surface area contributed by atoms with E-state index in [4.69, 9.17) is 11.6 Å². The Morgan fingerprint density at radius 3 is 2.79 bits per heavy atom. The normalized spacial score (nSPS) is 10.2. The van der Waals surface area contributed by atoms with E-state index < -0.39 is 11.7 Å². The first-order chi connectivity index (χ1) is 9.06. The fourth-order valence-electron chi connectivity index (χ4n) is 1.46. The molecule has 0 aliphatic rings. The Hall–Kier alpha value is -2.21. The van der Waals surface area contributed by atoms with E-state index >= 15 is 0 Å². The predicted molar refractivity (Wildman–Crippen MR) is 68.6 cm³/mol. The third-order valence-electron chi connectivity index (χ3n) is 2.35. The van der Waals surface area contributed by atoms with Crippen LogP contribution in [0.5, 0.6) is 0 Å². The lowest BCUT2D eigenvalue weighted by Gasteiger charge is -2.06. The van der Waals surface area contributed by atoms with Crippen LogP contribution in [0.25, 0.3) is 0 Å². The molecule has 5 nitrogen and oxygen atoms in total. The van der Waals surface area contributed by atoms with Gasteiger partial charge < -0.3 is 5.32 Å². The topological polar surface area (TPSA) is 74.8 Å². The molecule has 1 aromatic heterocycles. The van der Waals surface area contributed by atoms with Crippen molar-refractivity contribution < 1.29 is 9.18 Å². The second-order valence-electron chi connectivity index (χ2n) is 3.73. The molecule has 0 spiro atoms. The van der Waals surface area contributed by atoms with E-state index in [0.717, 1.165) is 0 Å². The lowest BCUT2D eigenvalue weighted by atomic mass is 10.1. The monoisotopic (exact) mass is 281 g/mol. The Morgan fingerprint density at radius 2 is 2.16 bits per heavy atom. The van der Waals surface area contributed by atoms with Crippen molar-refractivity contribution in [3.05, 3.63) is 57.1 Å². The Labute approximate surface area is 112 Å². The maximum absolute atomic E-state index is 13.5. The molecule has 0 unspecified atom stereocenters. The number of H-pyrrole nitrogens is 1. The SMILES string of the molecule is O=C(Cc1c(F)cccc1Cl)Nc1ccc(=O)[nH]n1. The number of rotatable bonds is 3. The molecule has 2 rings (SSSR count). The van der Waals surface area contributed by atoms with Crippen LogP contribution in [0.4, 0.5) is 10.2 Å². The molecular formula is C12H9ClFN3O2. The Kier molecular flexibility index (Phi) is 3.91. The van der Waals surface area contributed by atoms with Crippen molar-refractivity contribution in [1.82, 2.24) is 10.2 Å². The lowest BCUT2D eigenvalue weighted by Crippen LogP contribution is -2.18. The van der Waals surface area contributed by atoms with Gasteiger partial charge in [-0.15, -0.1) is 0 Å². The van der Waals surface area contributed by atoms with Crippen LogP contribution >= 0.6 is 11.6 Å². The molecule has 0 atom stereocenters. The van der Waals surface area contributed by atoms with Gasteiger partial charge in [0.2, 0.25) is 5.91 Å². The molecule has 2 aromatic rings. The van der Waals surface area contributed by atoms with Crippen LogP contribution in [0, 0.1) is 5.82 Å². The summed E-state index contributed by atoms with van der Waals surface area (Å²) < 4.78 is 13.5. The van der Waals surface area contributed by atoms with Crippen LogP contribution in [-0.2, 0) is 11.2 Å². The van der Waals surface area contributed by atoms with Crippen LogP contribution in [0.2, 0.25) is 5.02 Å². The van der Waals surface area contributed by atoms with Gasteiger partial charge in [0.15, 0.2) is 5.82 Å². The summed E-state index contributed by atoms with van der Waals surface area (Å²) in [5.41, 5.74) is -0.263. The number of anilines is 1. The van der Waals surface area contributed by atoms with Gasteiger partial charge in [0.1, 0.15) is 5.82 Å². The molecule has 7 heteroatoms. The first kappa shape index (κ1) is 13.2. The van der Waals surface area contributed by atoms with Crippen LogP contribution in [0.3, 0.4) is 0 Å². The molecule has 19 heavy (non-hydrogen) atoms. The number of hydrogen-bond acceptors (Lipinski definition) is 3. The van der Waals surface area contributed by atoms with Crippen LogP contribution in [0.15, 0.2) is 35.1 Å². The van der Waals surface area contributed by atoms with Gasteiger partial charge in [-0.2, -0.15) is 5.10 Å². The van der Waals surface area contributed by atoms with Gasteiger partial charge in [0.05, 0.1) is 6.42 Å². The van der Waals surface area contributed by atoms with Gasteiger partial charge in [0, 0.05) is 16.7 Å². The average Bonchev–Trinajstić information content (AvgIpc) is 2.37. The fourth-order valence-corrected chi connectivity index (χ4v) is 1.69. The van der Waals surface area contributed by atoms with Gasteiger partial charge in [0.25, 0.3) is 5.56 Å². The molecule has 2 N–H and O–H groups in total. The molecule has 1 amide bonds. The molecule has 0 saturated carbocycles. The summed E-state index contributed by atoms with van der Waals surface area (Å²) in [6.45, 7) is 0. The minimum atomic E-state index is -0.544. The van der Waals surface area contributed by atoms with Gasteiger partial charge >= 0.3 is 0 Å². The minimum Gasteiger partial charge on any atom is -0.309 e. The molecule has 0 bridgehead atoms. The van der Waals surface area contributed by atoms with E-state index in [0.29, 0.717) is 0 Å². The number of aromatic amines is 1. The molecule has 1 heterocycles. The summed E-state index contributed by atoms with van der Waals surface area (Å²) in [5, 5.41) is 8.39. The number of aromatic nitrogens is 2. The maximum atomic E-state index is 13.5. The van der Waals surface area contributed by atoms with Crippen molar-refractivity contribution in [2.75, 3.05) is 5.32 Å². The van der Waals surface area contributed by atoms with Gasteiger partial charge in [-0.25, -0.2) is 9.49 Å². The number of carbonyl (C=O) groups excluding carboxylic acids is 1. The van der Waals surface area contributed by atoms with Crippen LogP contribution in [0.1, 0.15) is 5.56 Å². The number of nitrogens with zero attached hydrogens (tertiary/aromatic N) is 1. The zero-order chi connectivity index (χ0) is 13.8. The third-order valence-corrected chi connectivity index (χ3v) is 2.70. The molecule has 0 aliphatic heterocycles. The number of amides is 1. The largest absolute Gasteiger partial charge is 0.309 e. The van der Waals surface area contributed by atoms with Crippen molar-refractivity contribution >= 4 is 23.3 Å². The Bertz CT molecular complexity index is 632. The van der Waals surface area contributed by atoms with E-state index in [9.17, 15) is 14.0 Å². The Morgan fingerprint density at radius 1 is 1.37 bits per heavy atom. The smallest absolute Gasteiger partial charge is 0.264 e. The zero-order valence-electron chi connectivity index (χ0n) is 9.61. The molecule has 0 aliphatic carbocycles. The first-order valence-corrected chi connectivity index (χ1v) is 5.72.